The van der Waals surface area contributed by atoms with Crippen molar-refractivity contribution in [2.24, 2.45) is 0 Å². The summed E-state index contributed by atoms with van der Waals surface area (Å²) in [6.45, 7) is 4.62. The van der Waals surface area contributed by atoms with Crippen LogP contribution in [0, 0.1) is 6.92 Å². The van der Waals surface area contributed by atoms with Crippen molar-refractivity contribution in [2.45, 2.75) is 26.3 Å². The molecule has 1 aliphatic rings. The lowest BCUT2D eigenvalue weighted by molar-refractivity contribution is -0.119. The third-order valence-electron chi connectivity index (χ3n) is 3.32. The fourth-order valence-corrected chi connectivity index (χ4v) is 2.38. The summed E-state index contributed by atoms with van der Waals surface area (Å²) >= 11 is 0. The minimum absolute atomic E-state index is 0.0486. The summed E-state index contributed by atoms with van der Waals surface area (Å²) in [5.41, 5.74) is 7.91. The SMILES string of the molecule is CC(=O)NC1CCN(C(=O)c2cc(C)ccc2N)C1. The van der Waals surface area contributed by atoms with E-state index in [1.165, 1.54) is 6.92 Å². The molecular weight excluding hydrogens is 242 g/mol. The topological polar surface area (TPSA) is 75.4 Å². The molecule has 1 saturated heterocycles. The Hall–Kier alpha value is -2.04. The van der Waals surface area contributed by atoms with Crippen LogP contribution in [0.3, 0.4) is 0 Å². The largest absolute Gasteiger partial charge is 0.398 e. The van der Waals surface area contributed by atoms with Crippen molar-refractivity contribution >= 4 is 17.5 Å². The Morgan fingerprint density at radius 1 is 1.42 bits per heavy atom. The number of hydrogen-bond acceptors (Lipinski definition) is 3. The van der Waals surface area contributed by atoms with Crippen molar-refractivity contribution in [2.75, 3.05) is 18.8 Å². The highest BCUT2D eigenvalue weighted by molar-refractivity contribution is 5.99. The van der Waals surface area contributed by atoms with Gasteiger partial charge in [-0.1, -0.05) is 11.6 Å². The highest BCUT2D eigenvalue weighted by Gasteiger charge is 2.28. The number of benzene rings is 1. The maximum absolute atomic E-state index is 12.4. The summed E-state index contributed by atoms with van der Waals surface area (Å²) in [4.78, 5) is 25.1. The zero-order valence-electron chi connectivity index (χ0n) is 11.3. The maximum Gasteiger partial charge on any atom is 0.256 e. The number of nitrogens with zero attached hydrogens (tertiary/aromatic N) is 1. The summed E-state index contributed by atoms with van der Waals surface area (Å²) < 4.78 is 0. The molecule has 1 aromatic carbocycles. The van der Waals surface area contributed by atoms with Crippen LogP contribution in [0.1, 0.15) is 29.3 Å². The van der Waals surface area contributed by atoms with E-state index in [9.17, 15) is 9.59 Å². The van der Waals surface area contributed by atoms with Gasteiger partial charge in [0.1, 0.15) is 0 Å². The van der Waals surface area contributed by atoms with E-state index in [-0.39, 0.29) is 17.9 Å². The third kappa shape index (κ3) is 3.05. The first-order valence-electron chi connectivity index (χ1n) is 6.40. The molecule has 2 amide bonds. The molecule has 0 radical (unpaired) electrons. The molecule has 19 heavy (non-hydrogen) atoms. The van der Waals surface area contributed by atoms with E-state index in [1.807, 2.05) is 19.1 Å². The molecule has 0 bridgehead atoms. The Balaban J connectivity index is 2.09. The van der Waals surface area contributed by atoms with Crippen molar-refractivity contribution < 1.29 is 9.59 Å². The van der Waals surface area contributed by atoms with Gasteiger partial charge in [0, 0.05) is 31.7 Å². The fourth-order valence-electron chi connectivity index (χ4n) is 2.38. The highest BCUT2D eigenvalue weighted by atomic mass is 16.2. The van der Waals surface area contributed by atoms with Gasteiger partial charge in [0.15, 0.2) is 0 Å². The molecule has 5 heteroatoms. The van der Waals surface area contributed by atoms with Gasteiger partial charge in [0.25, 0.3) is 5.91 Å². The lowest BCUT2D eigenvalue weighted by atomic mass is 10.1. The molecule has 1 aromatic rings. The summed E-state index contributed by atoms with van der Waals surface area (Å²) in [5, 5.41) is 2.84. The first kappa shape index (κ1) is 13.4. The van der Waals surface area contributed by atoms with Crippen LogP contribution in [0.2, 0.25) is 0 Å². The Morgan fingerprint density at radius 2 is 2.16 bits per heavy atom. The van der Waals surface area contributed by atoms with E-state index in [4.69, 9.17) is 5.73 Å². The number of anilines is 1. The van der Waals surface area contributed by atoms with Crippen LogP contribution in [-0.4, -0.2) is 35.8 Å². The molecular formula is C14H19N3O2. The summed E-state index contributed by atoms with van der Waals surface area (Å²) in [5.74, 6) is -0.122. The number of aryl methyl sites for hydroxylation is 1. The summed E-state index contributed by atoms with van der Waals surface area (Å²) in [6, 6.07) is 5.50. The second kappa shape index (κ2) is 5.30. The van der Waals surface area contributed by atoms with Gasteiger partial charge in [-0.25, -0.2) is 0 Å². The lowest BCUT2D eigenvalue weighted by Crippen LogP contribution is -2.37. The molecule has 1 unspecified atom stereocenters. The third-order valence-corrected chi connectivity index (χ3v) is 3.32. The number of nitrogens with one attached hydrogen (secondary N) is 1. The predicted molar refractivity (Wildman–Crippen MR) is 73.7 cm³/mol. The van der Waals surface area contributed by atoms with E-state index < -0.39 is 0 Å². The smallest absolute Gasteiger partial charge is 0.256 e. The highest BCUT2D eigenvalue weighted by Crippen LogP contribution is 2.19. The van der Waals surface area contributed by atoms with Crippen LogP contribution >= 0.6 is 0 Å². The summed E-state index contributed by atoms with van der Waals surface area (Å²) in [6.07, 6.45) is 0.789. The number of amides is 2. The molecule has 3 N–H and O–H groups in total. The molecule has 0 aliphatic carbocycles. The number of carbonyl (C=O) groups excluding carboxylic acids is 2. The van der Waals surface area contributed by atoms with Gasteiger partial charge in [0.05, 0.1) is 5.56 Å². The Labute approximate surface area is 112 Å². The van der Waals surface area contributed by atoms with Crippen molar-refractivity contribution in [3.05, 3.63) is 29.3 Å². The first-order chi connectivity index (χ1) is 8.97. The quantitative estimate of drug-likeness (QED) is 0.778. The molecule has 0 spiro atoms. The number of hydrogen-bond donors (Lipinski definition) is 2. The second-order valence-corrected chi connectivity index (χ2v) is 5.03. The molecule has 2 rings (SSSR count). The van der Waals surface area contributed by atoms with E-state index in [1.54, 1.807) is 11.0 Å². The number of nitrogens with two attached hydrogens (primary N) is 1. The van der Waals surface area contributed by atoms with Crippen LogP contribution in [0.5, 0.6) is 0 Å². The van der Waals surface area contributed by atoms with Crippen LogP contribution in [0.15, 0.2) is 18.2 Å². The first-order valence-corrected chi connectivity index (χ1v) is 6.40. The van der Waals surface area contributed by atoms with Gasteiger partial charge >= 0.3 is 0 Å². The molecule has 0 aromatic heterocycles. The zero-order chi connectivity index (χ0) is 14.0. The number of likely N-dealkylation sites (tertiary alicyclic amines) is 1. The molecule has 1 aliphatic heterocycles. The van der Waals surface area contributed by atoms with Crippen LogP contribution in [-0.2, 0) is 4.79 Å². The van der Waals surface area contributed by atoms with Crippen molar-refractivity contribution in [3.63, 3.8) is 0 Å². The summed E-state index contributed by atoms with van der Waals surface area (Å²) in [7, 11) is 0. The lowest BCUT2D eigenvalue weighted by Gasteiger charge is -2.18. The average molecular weight is 261 g/mol. The van der Waals surface area contributed by atoms with Gasteiger partial charge in [-0.15, -0.1) is 0 Å². The van der Waals surface area contributed by atoms with E-state index >= 15 is 0 Å². The number of rotatable bonds is 2. The second-order valence-electron chi connectivity index (χ2n) is 5.03. The molecule has 102 valence electrons. The van der Waals surface area contributed by atoms with Crippen molar-refractivity contribution in [1.82, 2.24) is 10.2 Å². The van der Waals surface area contributed by atoms with Gasteiger partial charge < -0.3 is 16.0 Å². The van der Waals surface area contributed by atoms with Crippen molar-refractivity contribution in [3.8, 4) is 0 Å². The van der Waals surface area contributed by atoms with Crippen LogP contribution < -0.4 is 11.1 Å². The fraction of sp³-hybridized carbons (Fsp3) is 0.429. The monoisotopic (exact) mass is 261 g/mol. The normalized spacial score (nSPS) is 18.4. The minimum Gasteiger partial charge on any atom is -0.398 e. The van der Waals surface area contributed by atoms with Gasteiger partial charge in [0.2, 0.25) is 5.91 Å². The van der Waals surface area contributed by atoms with Gasteiger partial charge in [-0.3, -0.25) is 9.59 Å². The van der Waals surface area contributed by atoms with Crippen LogP contribution in [0.4, 0.5) is 5.69 Å². The molecule has 1 atom stereocenters. The number of nitrogen functional groups attached to an aromatic ring is 1. The van der Waals surface area contributed by atoms with Crippen molar-refractivity contribution in [1.29, 1.82) is 0 Å². The Bertz CT molecular complexity index is 513. The molecule has 0 saturated carbocycles. The van der Waals surface area contributed by atoms with E-state index in [0.717, 1.165) is 12.0 Å². The molecule has 1 heterocycles. The number of carbonyl (C=O) groups is 2. The molecule has 5 nitrogen and oxygen atoms in total. The maximum atomic E-state index is 12.4. The van der Waals surface area contributed by atoms with Gasteiger partial charge in [-0.2, -0.15) is 0 Å². The minimum atomic E-state index is -0.0611. The van der Waals surface area contributed by atoms with Gasteiger partial charge in [-0.05, 0) is 25.5 Å². The van der Waals surface area contributed by atoms with E-state index in [0.29, 0.717) is 24.3 Å². The Morgan fingerprint density at radius 3 is 2.84 bits per heavy atom. The standard InChI is InChI=1S/C14H19N3O2/c1-9-3-4-13(15)12(7-9)14(19)17-6-5-11(8-17)16-10(2)18/h3-4,7,11H,5-6,8,15H2,1-2H3,(H,16,18). The average Bonchev–Trinajstić information content (AvgIpc) is 2.79. The van der Waals surface area contributed by atoms with Crippen LogP contribution in [0.25, 0.3) is 0 Å². The zero-order valence-corrected chi connectivity index (χ0v) is 11.3. The van der Waals surface area contributed by atoms with E-state index in [2.05, 4.69) is 5.32 Å². The molecule has 1 fully saturated rings. The predicted octanol–water partition coefficient (Wildman–Crippen LogP) is 0.928. The Kier molecular flexibility index (Phi) is 3.74.